The number of hydrogen-bond donors (Lipinski definition) is 1. The average molecular weight is 390 g/mol. The molecule has 2 fully saturated rings. The third-order valence-electron chi connectivity index (χ3n) is 5.74. The lowest BCUT2D eigenvalue weighted by Crippen LogP contribution is -2.51. The van der Waals surface area contributed by atoms with E-state index in [1.165, 1.54) is 0 Å². The van der Waals surface area contributed by atoms with Gasteiger partial charge in [0.15, 0.2) is 5.82 Å². The topological polar surface area (TPSA) is 85.4 Å². The molecule has 8 nitrogen and oxygen atoms in total. The second-order valence-electron chi connectivity index (χ2n) is 7.50. The summed E-state index contributed by atoms with van der Waals surface area (Å²) >= 11 is 0. The third-order valence-corrected chi connectivity index (χ3v) is 5.74. The zero-order valence-corrected chi connectivity index (χ0v) is 16.0. The van der Waals surface area contributed by atoms with Gasteiger partial charge in [-0.2, -0.15) is 5.10 Å². The highest BCUT2D eigenvalue weighted by Crippen LogP contribution is 2.30. The van der Waals surface area contributed by atoms with Crippen LogP contribution in [0.1, 0.15) is 6.42 Å². The predicted octanol–water partition coefficient (Wildman–Crippen LogP) is 1.66. The molecule has 2 amide bonds. The number of H-pyrrole nitrogens is 1. The number of benzene rings is 1. The van der Waals surface area contributed by atoms with Crippen LogP contribution in [0.2, 0.25) is 0 Å². The number of carbonyl (C=O) groups excluding carboxylic acids is 2. The van der Waals surface area contributed by atoms with Crippen molar-refractivity contribution in [2.75, 3.05) is 42.5 Å². The molecule has 0 saturated carbocycles. The molecular weight excluding hydrogens is 368 g/mol. The van der Waals surface area contributed by atoms with Gasteiger partial charge in [0.2, 0.25) is 11.8 Å². The van der Waals surface area contributed by atoms with E-state index in [-0.39, 0.29) is 24.2 Å². The number of fused-ring (bicyclic) bond motifs is 1. The first-order valence-electron chi connectivity index (χ1n) is 9.89. The maximum Gasteiger partial charge on any atom is 0.229 e. The summed E-state index contributed by atoms with van der Waals surface area (Å²) in [7, 11) is 0. The number of aromatic nitrogens is 3. The van der Waals surface area contributed by atoms with Gasteiger partial charge in [-0.05, 0) is 24.3 Å². The molecule has 2 saturated heterocycles. The van der Waals surface area contributed by atoms with Crippen molar-refractivity contribution in [2.24, 2.45) is 5.92 Å². The highest BCUT2D eigenvalue weighted by atomic mass is 16.2. The molecular formula is C21H22N6O2. The predicted molar refractivity (Wildman–Crippen MR) is 110 cm³/mol. The first kappa shape index (κ1) is 17.7. The molecule has 1 unspecified atom stereocenters. The molecule has 0 spiro atoms. The molecule has 148 valence electrons. The van der Waals surface area contributed by atoms with Crippen molar-refractivity contribution in [3.8, 4) is 0 Å². The smallest absolute Gasteiger partial charge is 0.229 e. The second kappa shape index (κ2) is 7.20. The standard InChI is InChI=1S/C21H22N6O2/c28-19-13-15(14-27(19)20-16-5-1-2-6-17(16)23-24-20)21(29)26-11-9-25(10-12-26)18-7-3-4-8-22-18/h1-8,15H,9-14H2,(H,23,24). The lowest BCUT2D eigenvalue weighted by molar-refractivity contribution is -0.136. The number of pyridine rings is 1. The van der Waals surface area contributed by atoms with Crippen molar-refractivity contribution in [3.05, 3.63) is 48.7 Å². The van der Waals surface area contributed by atoms with Gasteiger partial charge in [0.1, 0.15) is 5.82 Å². The molecule has 3 aromatic rings. The molecule has 2 aromatic heterocycles. The van der Waals surface area contributed by atoms with E-state index < -0.39 is 0 Å². The van der Waals surface area contributed by atoms with Crippen LogP contribution in [-0.2, 0) is 9.59 Å². The normalized spacial score (nSPS) is 19.9. The van der Waals surface area contributed by atoms with Crippen LogP contribution in [0.5, 0.6) is 0 Å². The summed E-state index contributed by atoms with van der Waals surface area (Å²) in [4.78, 5) is 35.8. The molecule has 0 bridgehead atoms. The Labute approximate surface area is 168 Å². The largest absolute Gasteiger partial charge is 0.353 e. The van der Waals surface area contributed by atoms with Crippen LogP contribution in [0.3, 0.4) is 0 Å². The monoisotopic (exact) mass is 390 g/mol. The maximum absolute atomic E-state index is 13.1. The number of para-hydroxylation sites is 1. The fraction of sp³-hybridized carbons (Fsp3) is 0.333. The first-order valence-corrected chi connectivity index (χ1v) is 9.89. The van der Waals surface area contributed by atoms with Crippen molar-refractivity contribution in [3.63, 3.8) is 0 Å². The van der Waals surface area contributed by atoms with Gasteiger partial charge in [-0.25, -0.2) is 4.98 Å². The van der Waals surface area contributed by atoms with Crippen LogP contribution in [0.25, 0.3) is 10.9 Å². The molecule has 1 atom stereocenters. The number of amides is 2. The Balaban J connectivity index is 1.25. The lowest BCUT2D eigenvalue weighted by Gasteiger charge is -2.36. The molecule has 0 radical (unpaired) electrons. The summed E-state index contributed by atoms with van der Waals surface area (Å²) in [6, 6.07) is 13.6. The number of rotatable bonds is 3. The quantitative estimate of drug-likeness (QED) is 0.735. The number of nitrogens with zero attached hydrogens (tertiary/aromatic N) is 5. The van der Waals surface area contributed by atoms with E-state index in [4.69, 9.17) is 0 Å². The Hall–Kier alpha value is -3.42. The van der Waals surface area contributed by atoms with E-state index in [0.717, 1.165) is 29.8 Å². The maximum atomic E-state index is 13.1. The van der Waals surface area contributed by atoms with Crippen molar-refractivity contribution in [1.82, 2.24) is 20.1 Å². The lowest BCUT2D eigenvalue weighted by atomic mass is 10.1. The summed E-state index contributed by atoms with van der Waals surface area (Å²) in [6.45, 7) is 3.16. The number of nitrogens with one attached hydrogen (secondary N) is 1. The Bertz CT molecular complexity index is 1040. The highest BCUT2D eigenvalue weighted by Gasteiger charge is 2.39. The van der Waals surface area contributed by atoms with Gasteiger partial charge in [0.05, 0.1) is 11.4 Å². The number of carbonyl (C=O) groups is 2. The molecule has 2 aliphatic heterocycles. The molecule has 5 rings (SSSR count). The van der Waals surface area contributed by atoms with Gasteiger partial charge in [-0.15, -0.1) is 0 Å². The van der Waals surface area contributed by atoms with E-state index in [2.05, 4.69) is 20.1 Å². The van der Waals surface area contributed by atoms with Gasteiger partial charge in [0.25, 0.3) is 0 Å². The Morgan fingerprint density at radius 1 is 1.03 bits per heavy atom. The van der Waals surface area contributed by atoms with Crippen molar-refractivity contribution in [2.45, 2.75) is 6.42 Å². The van der Waals surface area contributed by atoms with Crippen LogP contribution in [0.4, 0.5) is 11.6 Å². The molecule has 29 heavy (non-hydrogen) atoms. The van der Waals surface area contributed by atoms with E-state index in [0.29, 0.717) is 25.5 Å². The average Bonchev–Trinajstić information content (AvgIpc) is 3.37. The van der Waals surface area contributed by atoms with Crippen LogP contribution in [0, 0.1) is 5.92 Å². The Morgan fingerprint density at radius 3 is 2.62 bits per heavy atom. The summed E-state index contributed by atoms with van der Waals surface area (Å²) < 4.78 is 0. The van der Waals surface area contributed by atoms with Gasteiger partial charge < -0.3 is 9.80 Å². The van der Waals surface area contributed by atoms with Crippen LogP contribution in [0.15, 0.2) is 48.7 Å². The van der Waals surface area contributed by atoms with Crippen LogP contribution >= 0.6 is 0 Å². The van der Waals surface area contributed by atoms with Crippen molar-refractivity contribution in [1.29, 1.82) is 0 Å². The molecule has 1 N–H and O–H groups in total. The van der Waals surface area contributed by atoms with E-state index in [9.17, 15) is 9.59 Å². The fourth-order valence-corrected chi connectivity index (χ4v) is 4.19. The summed E-state index contributed by atoms with van der Waals surface area (Å²) in [5.74, 6) is 1.24. The molecule has 2 aliphatic rings. The van der Waals surface area contributed by atoms with Gasteiger partial charge in [-0.3, -0.25) is 19.6 Å². The van der Waals surface area contributed by atoms with E-state index in [1.807, 2.05) is 47.4 Å². The van der Waals surface area contributed by atoms with Gasteiger partial charge in [-0.1, -0.05) is 18.2 Å². The Morgan fingerprint density at radius 2 is 1.83 bits per heavy atom. The summed E-state index contributed by atoms with van der Waals surface area (Å²) in [6.07, 6.45) is 2.02. The molecule has 4 heterocycles. The summed E-state index contributed by atoms with van der Waals surface area (Å²) in [5, 5.41) is 8.18. The highest BCUT2D eigenvalue weighted by molar-refractivity contribution is 6.05. The van der Waals surface area contributed by atoms with Crippen LogP contribution in [-0.4, -0.2) is 64.6 Å². The second-order valence-corrected chi connectivity index (χ2v) is 7.50. The minimum atomic E-state index is -0.320. The van der Waals surface area contributed by atoms with E-state index in [1.54, 1.807) is 11.1 Å². The first-order chi connectivity index (χ1) is 14.2. The van der Waals surface area contributed by atoms with Crippen molar-refractivity contribution >= 4 is 34.4 Å². The minimum Gasteiger partial charge on any atom is -0.353 e. The third kappa shape index (κ3) is 3.20. The zero-order valence-electron chi connectivity index (χ0n) is 16.0. The number of anilines is 2. The Kier molecular flexibility index (Phi) is 4.38. The summed E-state index contributed by atoms with van der Waals surface area (Å²) in [5.41, 5.74) is 0.885. The van der Waals surface area contributed by atoms with Gasteiger partial charge in [0, 0.05) is 50.7 Å². The molecule has 8 heteroatoms. The fourth-order valence-electron chi connectivity index (χ4n) is 4.19. The molecule has 1 aromatic carbocycles. The number of piperazine rings is 1. The molecule has 0 aliphatic carbocycles. The number of hydrogen-bond acceptors (Lipinski definition) is 5. The van der Waals surface area contributed by atoms with Crippen LogP contribution < -0.4 is 9.80 Å². The minimum absolute atomic E-state index is 0.0484. The number of aromatic amines is 1. The van der Waals surface area contributed by atoms with Gasteiger partial charge >= 0.3 is 0 Å². The van der Waals surface area contributed by atoms with E-state index >= 15 is 0 Å². The zero-order chi connectivity index (χ0) is 19.8. The SMILES string of the molecule is O=C(C1CC(=O)N(c2n[nH]c3ccccc23)C1)N1CCN(c2ccccn2)CC1. The van der Waals surface area contributed by atoms with Crippen molar-refractivity contribution < 1.29 is 9.59 Å².